The van der Waals surface area contributed by atoms with E-state index in [1.165, 1.54) is 0 Å². The highest BCUT2D eigenvalue weighted by Crippen LogP contribution is 1.57. The molecule has 0 aliphatic heterocycles. The molecule has 0 aliphatic rings. The third-order valence-corrected chi connectivity index (χ3v) is 0.372. The minimum atomic E-state index is 0. The topological polar surface area (TPSA) is 26.0 Å². The van der Waals surface area contributed by atoms with Crippen LogP contribution in [0.2, 0.25) is 0 Å². The highest BCUT2D eigenvalue weighted by Gasteiger charge is 1.51. The molecule has 0 aromatic heterocycles. The molecule has 0 rings (SSSR count). The summed E-state index contributed by atoms with van der Waals surface area (Å²) in [6.45, 7) is 2.61. The fraction of sp³-hybridized carbons (Fsp3) is 0.500. The van der Waals surface area contributed by atoms with E-state index in [9.17, 15) is 0 Å². The number of nitrogens with two attached hydrogens (primary N) is 1. The summed E-state index contributed by atoms with van der Waals surface area (Å²) in [4.78, 5) is 0. The molecule has 3 heteroatoms. The van der Waals surface area contributed by atoms with Crippen LogP contribution in [0.1, 0.15) is 6.92 Å². The van der Waals surface area contributed by atoms with Crippen molar-refractivity contribution in [3.63, 3.8) is 0 Å². The first-order valence-electron chi connectivity index (χ1n) is 1.73. The van der Waals surface area contributed by atoms with Crippen LogP contribution in [0.15, 0.2) is 12.2 Å². The lowest BCUT2D eigenvalue weighted by molar-refractivity contribution is 1.25. The van der Waals surface area contributed by atoms with E-state index in [1.807, 2.05) is 19.1 Å². The second-order valence-electron chi connectivity index (χ2n) is 0.805. The summed E-state index contributed by atoms with van der Waals surface area (Å²) in [5, 5.41) is 0. The van der Waals surface area contributed by atoms with Crippen LogP contribution in [0.25, 0.3) is 0 Å². The standard InChI is InChI=1S/C4H9N.2ClH/c1-2-3-4-5;;/h2-3H,4-5H2,1H3;2*1H. The molecular weight excluding hydrogens is 133 g/mol. The Morgan fingerprint density at radius 1 is 1.43 bits per heavy atom. The lowest BCUT2D eigenvalue weighted by Crippen LogP contribution is -1.90. The molecule has 0 aromatic rings. The Morgan fingerprint density at radius 3 is 1.86 bits per heavy atom. The monoisotopic (exact) mass is 143 g/mol. The smallest absolute Gasteiger partial charge is 0.0106 e. The zero-order chi connectivity index (χ0) is 4.12. The lowest BCUT2D eigenvalue weighted by Gasteiger charge is -1.67. The molecule has 46 valence electrons. The van der Waals surface area contributed by atoms with Gasteiger partial charge in [-0.1, -0.05) is 12.2 Å². The third-order valence-electron chi connectivity index (χ3n) is 0.372. The van der Waals surface area contributed by atoms with Crippen molar-refractivity contribution in [2.24, 2.45) is 5.73 Å². The summed E-state index contributed by atoms with van der Waals surface area (Å²) in [5.74, 6) is 0. The Bertz CT molecular complexity index is 36.7. The Balaban J connectivity index is -0.0000000800. The van der Waals surface area contributed by atoms with Gasteiger partial charge >= 0.3 is 0 Å². The van der Waals surface area contributed by atoms with E-state index in [4.69, 9.17) is 5.73 Å². The molecule has 0 saturated carbocycles. The maximum atomic E-state index is 5.05. The zero-order valence-corrected chi connectivity index (χ0v) is 5.89. The molecule has 0 aliphatic carbocycles. The first-order valence-corrected chi connectivity index (χ1v) is 1.73. The van der Waals surface area contributed by atoms with Gasteiger partial charge in [0, 0.05) is 6.54 Å². The minimum Gasteiger partial charge on any atom is -0.327 e. The van der Waals surface area contributed by atoms with Crippen molar-refractivity contribution < 1.29 is 0 Å². The van der Waals surface area contributed by atoms with Crippen LogP contribution in [0, 0.1) is 0 Å². The van der Waals surface area contributed by atoms with E-state index < -0.39 is 0 Å². The van der Waals surface area contributed by atoms with Crippen molar-refractivity contribution in [2.75, 3.05) is 6.54 Å². The molecule has 0 heterocycles. The Hall–Kier alpha value is 0.280. The first kappa shape index (κ1) is 15.7. The normalized spacial score (nSPS) is 7.14. The van der Waals surface area contributed by atoms with Gasteiger partial charge in [0.25, 0.3) is 0 Å². The lowest BCUT2D eigenvalue weighted by atomic mass is 10.5. The molecule has 7 heavy (non-hydrogen) atoms. The summed E-state index contributed by atoms with van der Waals surface area (Å²) in [6, 6.07) is 0. The Labute approximate surface area is 56.8 Å². The van der Waals surface area contributed by atoms with Crippen LogP contribution in [0.4, 0.5) is 0 Å². The van der Waals surface area contributed by atoms with Gasteiger partial charge in [-0.05, 0) is 6.92 Å². The fourth-order valence-electron chi connectivity index (χ4n) is 0.136. The van der Waals surface area contributed by atoms with Crippen molar-refractivity contribution in [2.45, 2.75) is 6.92 Å². The second kappa shape index (κ2) is 16.3. The van der Waals surface area contributed by atoms with Crippen molar-refractivity contribution in [1.29, 1.82) is 0 Å². The van der Waals surface area contributed by atoms with Crippen molar-refractivity contribution in [1.82, 2.24) is 0 Å². The molecule has 0 amide bonds. The van der Waals surface area contributed by atoms with Crippen LogP contribution in [-0.2, 0) is 0 Å². The van der Waals surface area contributed by atoms with Crippen LogP contribution in [0.5, 0.6) is 0 Å². The van der Waals surface area contributed by atoms with Crippen molar-refractivity contribution in [3.05, 3.63) is 12.2 Å². The van der Waals surface area contributed by atoms with Gasteiger partial charge in [-0.3, -0.25) is 0 Å². The molecule has 0 spiro atoms. The van der Waals surface area contributed by atoms with E-state index in [-0.39, 0.29) is 24.8 Å². The van der Waals surface area contributed by atoms with Crippen molar-refractivity contribution >= 4 is 24.8 Å². The van der Waals surface area contributed by atoms with Gasteiger partial charge in [-0.2, -0.15) is 0 Å². The van der Waals surface area contributed by atoms with Gasteiger partial charge in [0.1, 0.15) is 0 Å². The quantitative estimate of drug-likeness (QED) is 0.552. The van der Waals surface area contributed by atoms with Gasteiger partial charge in [0.05, 0.1) is 0 Å². The molecule has 0 atom stereocenters. The maximum Gasteiger partial charge on any atom is 0.0106 e. The third kappa shape index (κ3) is 22.1. The summed E-state index contributed by atoms with van der Waals surface area (Å²) in [7, 11) is 0. The van der Waals surface area contributed by atoms with Crippen LogP contribution >= 0.6 is 24.8 Å². The summed E-state index contributed by atoms with van der Waals surface area (Å²) >= 11 is 0. The number of allylic oxidation sites excluding steroid dienone is 1. The van der Waals surface area contributed by atoms with E-state index in [2.05, 4.69) is 0 Å². The van der Waals surface area contributed by atoms with Crippen LogP contribution < -0.4 is 5.73 Å². The molecule has 0 radical (unpaired) electrons. The van der Waals surface area contributed by atoms with E-state index in [1.54, 1.807) is 0 Å². The summed E-state index contributed by atoms with van der Waals surface area (Å²) in [6.07, 6.45) is 3.83. The average Bonchev–Trinajstić information content (AvgIpc) is 1.41. The first-order chi connectivity index (χ1) is 2.41. The molecule has 0 unspecified atom stereocenters. The van der Waals surface area contributed by atoms with Gasteiger partial charge in [-0.25, -0.2) is 0 Å². The average molecular weight is 144 g/mol. The van der Waals surface area contributed by atoms with Gasteiger partial charge in [0.15, 0.2) is 0 Å². The number of hydrogen-bond acceptors (Lipinski definition) is 1. The number of hydrogen-bond donors (Lipinski definition) is 1. The fourth-order valence-corrected chi connectivity index (χ4v) is 0.136. The van der Waals surface area contributed by atoms with E-state index >= 15 is 0 Å². The molecule has 1 nitrogen and oxygen atoms in total. The molecular formula is C4H11Cl2N. The summed E-state index contributed by atoms with van der Waals surface area (Å²) < 4.78 is 0. The van der Waals surface area contributed by atoms with Crippen molar-refractivity contribution in [3.8, 4) is 0 Å². The number of halogens is 2. The summed E-state index contributed by atoms with van der Waals surface area (Å²) in [5.41, 5.74) is 5.05. The van der Waals surface area contributed by atoms with E-state index in [0.717, 1.165) is 0 Å². The van der Waals surface area contributed by atoms with Gasteiger partial charge in [-0.15, -0.1) is 24.8 Å². The highest BCUT2D eigenvalue weighted by molar-refractivity contribution is 5.85. The van der Waals surface area contributed by atoms with Crippen LogP contribution in [-0.4, -0.2) is 6.54 Å². The Morgan fingerprint density at radius 2 is 1.86 bits per heavy atom. The van der Waals surface area contributed by atoms with Gasteiger partial charge < -0.3 is 5.73 Å². The largest absolute Gasteiger partial charge is 0.327 e. The molecule has 0 aromatic carbocycles. The van der Waals surface area contributed by atoms with Crippen LogP contribution in [0.3, 0.4) is 0 Å². The second-order valence-corrected chi connectivity index (χ2v) is 0.805. The minimum absolute atomic E-state index is 0. The predicted octanol–water partition coefficient (Wildman–Crippen LogP) is 1.36. The zero-order valence-electron chi connectivity index (χ0n) is 4.26. The van der Waals surface area contributed by atoms with E-state index in [0.29, 0.717) is 6.54 Å². The maximum absolute atomic E-state index is 5.05. The Kier molecular flexibility index (Phi) is 36.4. The molecule has 0 saturated heterocycles. The molecule has 0 fully saturated rings. The molecule has 2 N–H and O–H groups in total. The number of rotatable bonds is 1. The highest BCUT2D eigenvalue weighted by atomic mass is 35.5. The van der Waals surface area contributed by atoms with Gasteiger partial charge in [0.2, 0.25) is 0 Å². The SMILES string of the molecule is CC=CCN.Cl.Cl. The predicted molar refractivity (Wildman–Crippen MR) is 38.4 cm³/mol. The molecule has 0 bridgehead atoms.